The van der Waals surface area contributed by atoms with E-state index in [-0.39, 0.29) is 0 Å². The van der Waals surface area contributed by atoms with E-state index in [1.54, 1.807) is 24.6 Å². The van der Waals surface area contributed by atoms with E-state index in [1.165, 1.54) is 18.9 Å². The Labute approximate surface area is 114 Å². The Morgan fingerprint density at radius 3 is 2.71 bits per heavy atom. The predicted molar refractivity (Wildman–Crippen MR) is 72.4 cm³/mol. The standard InChI is InChI=1S/C10H9Cl2N3OS/c1-16-9-4-6(11)8(3-7(9)12)15-10(17-2)14-5-13/h3-4H,1-2H3,(H,14,15). The van der Waals surface area contributed by atoms with Gasteiger partial charge in [-0.2, -0.15) is 5.26 Å². The number of nitrogens with one attached hydrogen (secondary N) is 1. The maximum absolute atomic E-state index is 8.52. The first-order chi connectivity index (χ1) is 8.12. The van der Waals surface area contributed by atoms with Gasteiger partial charge in [0.15, 0.2) is 11.4 Å². The van der Waals surface area contributed by atoms with Crippen molar-refractivity contribution >= 4 is 45.8 Å². The monoisotopic (exact) mass is 289 g/mol. The van der Waals surface area contributed by atoms with Crippen LogP contribution in [0.1, 0.15) is 0 Å². The summed E-state index contributed by atoms with van der Waals surface area (Å²) in [4.78, 5) is 4.18. The van der Waals surface area contributed by atoms with Crippen molar-refractivity contribution in [3.63, 3.8) is 0 Å². The van der Waals surface area contributed by atoms with Crippen LogP contribution in [0.4, 0.5) is 5.69 Å². The van der Waals surface area contributed by atoms with Crippen LogP contribution in [-0.2, 0) is 0 Å². The average Bonchev–Trinajstić information content (AvgIpc) is 2.32. The second kappa shape index (κ2) is 6.60. The molecule has 4 nitrogen and oxygen atoms in total. The summed E-state index contributed by atoms with van der Waals surface area (Å²) in [5.74, 6) is 0.481. The van der Waals surface area contributed by atoms with Crippen LogP contribution in [0.25, 0.3) is 0 Å². The molecule has 0 saturated heterocycles. The summed E-state index contributed by atoms with van der Waals surface area (Å²) in [5, 5.41) is 12.2. The molecule has 0 heterocycles. The first-order valence-electron chi connectivity index (χ1n) is 4.43. The van der Waals surface area contributed by atoms with Crippen molar-refractivity contribution in [2.75, 3.05) is 13.4 Å². The van der Waals surface area contributed by atoms with Crippen LogP contribution >= 0.6 is 35.0 Å². The van der Waals surface area contributed by atoms with Crippen LogP contribution < -0.4 is 10.1 Å². The van der Waals surface area contributed by atoms with Gasteiger partial charge >= 0.3 is 0 Å². The number of aliphatic imine (C=N–C) groups is 1. The molecule has 0 radical (unpaired) electrons. The number of rotatable bonds is 2. The molecule has 0 fully saturated rings. The normalized spacial score (nSPS) is 10.9. The van der Waals surface area contributed by atoms with Crippen molar-refractivity contribution < 1.29 is 4.74 Å². The second-order valence-corrected chi connectivity index (χ2v) is 4.41. The minimum atomic E-state index is 0.400. The fourth-order valence-electron chi connectivity index (χ4n) is 1.04. The molecular formula is C10H9Cl2N3OS. The summed E-state index contributed by atoms with van der Waals surface area (Å²) < 4.78 is 5.02. The fourth-order valence-corrected chi connectivity index (χ4v) is 1.81. The van der Waals surface area contributed by atoms with Gasteiger partial charge in [-0.25, -0.2) is 4.99 Å². The molecule has 1 aromatic rings. The minimum Gasteiger partial charge on any atom is -0.495 e. The highest BCUT2D eigenvalue weighted by atomic mass is 35.5. The lowest BCUT2D eigenvalue weighted by Gasteiger charge is -2.06. The molecule has 0 aliphatic carbocycles. The van der Waals surface area contributed by atoms with E-state index in [1.807, 2.05) is 0 Å². The van der Waals surface area contributed by atoms with Crippen LogP contribution in [0.5, 0.6) is 5.75 Å². The lowest BCUT2D eigenvalue weighted by atomic mass is 10.3. The van der Waals surface area contributed by atoms with E-state index >= 15 is 0 Å². The maximum atomic E-state index is 8.52. The molecule has 0 amide bonds. The number of benzene rings is 1. The Balaban J connectivity index is 3.15. The van der Waals surface area contributed by atoms with Gasteiger partial charge in [-0.1, -0.05) is 35.0 Å². The number of thioether (sulfide) groups is 1. The Morgan fingerprint density at radius 2 is 2.18 bits per heavy atom. The van der Waals surface area contributed by atoms with Crippen molar-refractivity contribution in [2.45, 2.75) is 0 Å². The van der Waals surface area contributed by atoms with Gasteiger partial charge in [0, 0.05) is 6.07 Å². The molecule has 0 aliphatic rings. The van der Waals surface area contributed by atoms with Gasteiger partial charge in [-0.3, -0.25) is 5.32 Å². The summed E-state index contributed by atoms with van der Waals surface area (Å²) in [7, 11) is 1.51. The van der Waals surface area contributed by atoms with Crippen LogP contribution in [-0.4, -0.2) is 18.5 Å². The van der Waals surface area contributed by atoms with Crippen LogP contribution in [0.15, 0.2) is 17.1 Å². The summed E-state index contributed by atoms with van der Waals surface area (Å²) in [6, 6.07) is 3.16. The molecule has 1 N–H and O–H groups in total. The highest BCUT2D eigenvalue weighted by Crippen LogP contribution is 2.35. The molecule has 7 heteroatoms. The smallest absolute Gasteiger partial charge is 0.183 e. The molecule has 0 atom stereocenters. The molecular weight excluding hydrogens is 281 g/mol. The van der Waals surface area contributed by atoms with Crippen LogP contribution in [0.2, 0.25) is 10.0 Å². The molecule has 0 aliphatic heterocycles. The molecule has 0 saturated carbocycles. The van der Waals surface area contributed by atoms with Gasteiger partial charge < -0.3 is 4.74 Å². The third kappa shape index (κ3) is 3.70. The zero-order valence-electron chi connectivity index (χ0n) is 9.12. The Morgan fingerprint density at radius 1 is 1.47 bits per heavy atom. The zero-order valence-corrected chi connectivity index (χ0v) is 11.4. The maximum Gasteiger partial charge on any atom is 0.183 e. The quantitative estimate of drug-likeness (QED) is 0.392. The van der Waals surface area contributed by atoms with Crippen LogP contribution in [0.3, 0.4) is 0 Å². The second-order valence-electron chi connectivity index (χ2n) is 2.80. The number of hydrogen-bond acceptors (Lipinski definition) is 4. The van der Waals surface area contributed by atoms with Crippen molar-refractivity contribution in [1.29, 1.82) is 5.26 Å². The predicted octanol–water partition coefficient (Wildman–Crippen LogP) is 3.42. The van der Waals surface area contributed by atoms with Gasteiger partial charge in [0.25, 0.3) is 0 Å². The number of ether oxygens (including phenoxy) is 1. The number of nitrogens with zero attached hydrogens (tertiary/aromatic N) is 2. The number of hydrogen-bond donors (Lipinski definition) is 1. The van der Waals surface area contributed by atoms with Crippen molar-refractivity contribution in [3.05, 3.63) is 22.2 Å². The zero-order chi connectivity index (χ0) is 12.8. The number of halogens is 2. The molecule has 0 bridgehead atoms. The highest BCUT2D eigenvalue weighted by Gasteiger charge is 2.08. The van der Waals surface area contributed by atoms with Crippen molar-refractivity contribution in [2.24, 2.45) is 4.99 Å². The van der Waals surface area contributed by atoms with E-state index in [2.05, 4.69) is 10.3 Å². The summed E-state index contributed by atoms with van der Waals surface area (Å²) in [6.45, 7) is 0. The first-order valence-corrected chi connectivity index (χ1v) is 6.41. The summed E-state index contributed by atoms with van der Waals surface area (Å²) in [6.07, 6.45) is 3.59. The lowest BCUT2D eigenvalue weighted by molar-refractivity contribution is 0.415. The van der Waals surface area contributed by atoms with E-state index in [0.717, 1.165) is 0 Å². The van der Waals surface area contributed by atoms with E-state index in [9.17, 15) is 0 Å². The van der Waals surface area contributed by atoms with Gasteiger partial charge in [0.05, 0.1) is 22.8 Å². The van der Waals surface area contributed by atoms with E-state index in [4.69, 9.17) is 33.2 Å². The third-order valence-corrected chi connectivity index (χ3v) is 2.98. The first kappa shape index (κ1) is 14.0. The van der Waals surface area contributed by atoms with E-state index in [0.29, 0.717) is 26.6 Å². The molecule has 90 valence electrons. The van der Waals surface area contributed by atoms with Crippen molar-refractivity contribution in [3.8, 4) is 11.9 Å². The molecule has 1 rings (SSSR count). The largest absolute Gasteiger partial charge is 0.495 e. The number of nitriles is 1. The molecule has 1 aromatic carbocycles. The minimum absolute atomic E-state index is 0.400. The Bertz CT molecular complexity index is 485. The topological polar surface area (TPSA) is 57.4 Å². The van der Waals surface area contributed by atoms with E-state index < -0.39 is 0 Å². The summed E-state index contributed by atoms with van der Waals surface area (Å²) in [5.41, 5.74) is 0.476. The summed E-state index contributed by atoms with van der Waals surface area (Å²) >= 11 is 13.3. The molecule has 0 spiro atoms. The number of methoxy groups -OCH3 is 1. The number of amidine groups is 1. The highest BCUT2D eigenvalue weighted by molar-refractivity contribution is 8.13. The van der Waals surface area contributed by atoms with Gasteiger partial charge in [-0.15, -0.1) is 0 Å². The van der Waals surface area contributed by atoms with Gasteiger partial charge in [0.1, 0.15) is 5.75 Å². The molecule has 0 aromatic heterocycles. The Kier molecular flexibility index (Phi) is 5.42. The molecule has 0 unspecified atom stereocenters. The average molecular weight is 290 g/mol. The van der Waals surface area contributed by atoms with Gasteiger partial charge in [0.2, 0.25) is 0 Å². The third-order valence-electron chi connectivity index (χ3n) is 1.80. The lowest BCUT2D eigenvalue weighted by Crippen LogP contribution is -2.12. The van der Waals surface area contributed by atoms with Gasteiger partial charge in [-0.05, 0) is 12.3 Å². The molecule has 17 heavy (non-hydrogen) atoms. The fraction of sp³-hybridized carbons (Fsp3) is 0.200. The van der Waals surface area contributed by atoms with Crippen LogP contribution in [0, 0.1) is 11.5 Å². The SMILES string of the molecule is COc1cc(Cl)c(N=C(NC#N)SC)cc1Cl. The van der Waals surface area contributed by atoms with Crippen molar-refractivity contribution in [1.82, 2.24) is 5.32 Å². The Hall–Kier alpha value is -1.09.